The summed E-state index contributed by atoms with van der Waals surface area (Å²) in [4.78, 5) is 31.0. The van der Waals surface area contributed by atoms with Crippen molar-refractivity contribution in [2.75, 3.05) is 19.8 Å². The fourth-order valence-electron chi connectivity index (χ4n) is 2.51. The number of nitrogens with zero attached hydrogens (tertiary/aromatic N) is 1. The molecule has 8 nitrogen and oxygen atoms in total. The van der Waals surface area contributed by atoms with E-state index in [0.29, 0.717) is 25.8 Å². The number of hydrogen-bond donors (Lipinski definition) is 5. The smallest absolute Gasteiger partial charge is 0.347 e. The van der Waals surface area contributed by atoms with Crippen molar-refractivity contribution in [3.8, 4) is 0 Å². The quantitative estimate of drug-likeness (QED) is 0.121. The van der Waals surface area contributed by atoms with E-state index in [2.05, 4.69) is 17.9 Å². The van der Waals surface area contributed by atoms with E-state index < -0.39 is 34.9 Å². The molecule has 160 valence electrons. The fraction of sp³-hybridized carbons (Fsp3) is 0.889. The monoisotopic (exact) mass is 407 g/mol. The lowest BCUT2D eigenvalue weighted by Gasteiger charge is -2.42. The zero-order chi connectivity index (χ0) is 21.1. The van der Waals surface area contributed by atoms with Crippen molar-refractivity contribution in [2.45, 2.75) is 82.7 Å². The molecule has 0 aliphatic heterocycles. The Morgan fingerprint density at radius 2 is 1.89 bits per heavy atom. The molecule has 0 radical (unpaired) electrons. The van der Waals surface area contributed by atoms with Crippen molar-refractivity contribution in [2.24, 2.45) is 5.73 Å². The van der Waals surface area contributed by atoms with Gasteiger partial charge in [0.1, 0.15) is 6.04 Å². The summed E-state index contributed by atoms with van der Waals surface area (Å²) in [6.07, 6.45) is 3.43. The molecule has 5 N–H and O–H groups in total. The van der Waals surface area contributed by atoms with Gasteiger partial charge in [0.15, 0.2) is 0 Å². The van der Waals surface area contributed by atoms with Crippen molar-refractivity contribution < 1.29 is 24.6 Å². The average Bonchev–Trinajstić information content (AvgIpc) is 2.64. The highest BCUT2D eigenvalue weighted by Gasteiger charge is 2.50. The number of carbonyl (C=O) groups is 2. The van der Waals surface area contributed by atoms with Crippen molar-refractivity contribution in [3.05, 3.63) is 0 Å². The highest BCUT2D eigenvalue weighted by Crippen LogP contribution is 2.27. The van der Waals surface area contributed by atoms with E-state index in [1.807, 2.05) is 20.8 Å². The lowest BCUT2D eigenvalue weighted by Crippen LogP contribution is -2.69. The lowest BCUT2D eigenvalue weighted by atomic mass is 9.96. The van der Waals surface area contributed by atoms with E-state index in [-0.39, 0.29) is 13.0 Å². The van der Waals surface area contributed by atoms with Gasteiger partial charge in [0.25, 0.3) is 5.91 Å². The van der Waals surface area contributed by atoms with Crippen LogP contribution in [-0.2, 0) is 14.4 Å². The molecular weight excluding hydrogens is 370 g/mol. The zero-order valence-corrected chi connectivity index (χ0v) is 17.9. The van der Waals surface area contributed by atoms with E-state index in [4.69, 9.17) is 10.6 Å². The largest absolute Gasteiger partial charge is 0.478 e. The van der Waals surface area contributed by atoms with Crippen molar-refractivity contribution in [1.82, 2.24) is 10.4 Å². The second kappa shape index (κ2) is 12.6. The highest BCUT2D eigenvalue weighted by molar-refractivity contribution is 7.81. The maximum Gasteiger partial charge on any atom is 0.347 e. The maximum absolute atomic E-state index is 13.1. The van der Waals surface area contributed by atoms with Crippen LogP contribution in [0, 0.1) is 0 Å². The Morgan fingerprint density at radius 1 is 1.26 bits per heavy atom. The van der Waals surface area contributed by atoms with Crippen LogP contribution in [0.3, 0.4) is 0 Å². The predicted molar refractivity (Wildman–Crippen MR) is 108 cm³/mol. The van der Waals surface area contributed by atoms with Crippen LogP contribution in [0.1, 0.15) is 66.2 Å². The van der Waals surface area contributed by atoms with Crippen LogP contribution in [0.25, 0.3) is 0 Å². The summed E-state index contributed by atoms with van der Waals surface area (Å²) in [6.45, 7) is 7.54. The van der Waals surface area contributed by atoms with Crippen molar-refractivity contribution in [3.63, 3.8) is 0 Å². The van der Waals surface area contributed by atoms with Crippen LogP contribution in [0.4, 0.5) is 0 Å². The Bertz CT molecular complexity index is 464. The third kappa shape index (κ3) is 7.23. The summed E-state index contributed by atoms with van der Waals surface area (Å²) in [5.41, 5.74) is 4.23. The van der Waals surface area contributed by atoms with E-state index in [1.165, 1.54) is 0 Å². The van der Waals surface area contributed by atoms with E-state index in [1.54, 1.807) is 6.92 Å². The normalized spacial score (nSPS) is 17.0. The van der Waals surface area contributed by atoms with Crippen molar-refractivity contribution >= 4 is 24.5 Å². The lowest BCUT2D eigenvalue weighted by molar-refractivity contribution is -0.238. The van der Waals surface area contributed by atoms with Gasteiger partial charge in [-0.25, -0.2) is 4.79 Å². The number of carboxylic acid groups (broad SMARTS) is 1. The molecule has 27 heavy (non-hydrogen) atoms. The molecule has 0 heterocycles. The van der Waals surface area contributed by atoms with Crippen LogP contribution < -0.4 is 11.1 Å². The van der Waals surface area contributed by atoms with Gasteiger partial charge in [0.2, 0.25) is 5.66 Å². The Labute approximate surface area is 168 Å². The summed E-state index contributed by atoms with van der Waals surface area (Å²) < 4.78 is -0.837. The zero-order valence-electron chi connectivity index (χ0n) is 17.0. The van der Waals surface area contributed by atoms with Gasteiger partial charge < -0.3 is 15.9 Å². The molecule has 1 amide bonds. The number of aliphatic hydroxyl groups is 1. The van der Waals surface area contributed by atoms with E-state index >= 15 is 0 Å². The molecule has 0 fully saturated rings. The summed E-state index contributed by atoms with van der Waals surface area (Å²) in [5, 5.41) is 23.1. The number of carboxylic acids is 1. The van der Waals surface area contributed by atoms with Crippen LogP contribution in [-0.4, -0.2) is 63.4 Å². The first kappa shape index (κ1) is 26.1. The molecule has 3 atom stereocenters. The van der Waals surface area contributed by atoms with Gasteiger partial charge in [-0.2, -0.15) is 17.7 Å². The van der Waals surface area contributed by atoms with Crippen LogP contribution in [0.2, 0.25) is 0 Å². The number of hydroxylamine groups is 2. The average molecular weight is 408 g/mol. The first-order chi connectivity index (χ1) is 12.6. The van der Waals surface area contributed by atoms with Gasteiger partial charge in [-0.15, -0.1) is 0 Å². The summed E-state index contributed by atoms with van der Waals surface area (Å²) in [5.74, 6) is -1.98. The topological polar surface area (TPSA) is 125 Å². The molecule has 0 aromatic heterocycles. The number of amides is 1. The number of nitrogens with two attached hydrogens (primary N) is 1. The Hall–Kier alpha value is -0.870. The van der Waals surface area contributed by atoms with Gasteiger partial charge in [-0.05, 0) is 32.7 Å². The predicted octanol–water partition coefficient (Wildman–Crippen LogP) is 1.53. The molecule has 0 bridgehead atoms. The Balaban J connectivity index is 5.91. The van der Waals surface area contributed by atoms with E-state index in [9.17, 15) is 19.8 Å². The van der Waals surface area contributed by atoms with Gasteiger partial charge >= 0.3 is 5.97 Å². The number of thiol groups is 1. The fourth-order valence-corrected chi connectivity index (χ4v) is 2.62. The van der Waals surface area contributed by atoms with Crippen LogP contribution in [0.5, 0.6) is 0 Å². The number of aliphatic hydroxyl groups excluding tert-OH is 1. The number of aliphatic carboxylic acids is 1. The van der Waals surface area contributed by atoms with Crippen molar-refractivity contribution in [1.29, 1.82) is 0 Å². The second-order valence-corrected chi connectivity index (χ2v) is 7.95. The van der Waals surface area contributed by atoms with Crippen LogP contribution in [0.15, 0.2) is 0 Å². The number of rotatable bonds is 15. The number of nitrogens with one attached hydrogen (secondary N) is 1. The van der Waals surface area contributed by atoms with E-state index in [0.717, 1.165) is 17.9 Å². The molecule has 0 rings (SSSR count). The Kier molecular flexibility index (Phi) is 12.2. The molecule has 0 spiro atoms. The summed E-state index contributed by atoms with van der Waals surface area (Å²) >= 11 is 4.47. The molecule has 0 aliphatic rings. The molecule has 9 heteroatoms. The van der Waals surface area contributed by atoms with Crippen LogP contribution >= 0.6 is 12.6 Å². The SMILES string of the molecule is CCCCCON(C(=O)C(N)[C@@](C)(S)CC)[C@@](CCO)(NCCC)C(=O)O. The molecule has 0 aromatic rings. The van der Waals surface area contributed by atoms with Gasteiger partial charge in [0.05, 0.1) is 6.61 Å². The minimum atomic E-state index is -1.90. The second-order valence-electron chi connectivity index (χ2n) is 6.93. The van der Waals surface area contributed by atoms with Gasteiger partial charge in [-0.1, -0.05) is 33.6 Å². The minimum Gasteiger partial charge on any atom is -0.478 e. The number of carbonyl (C=O) groups excluding carboxylic acids is 1. The minimum absolute atomic E-state index is 0.177. The number of hydrogen-bond acceptors (Lipinski definition) is 7. The molecule has 0 saturated heterocycles. The molecule has 0 aromatic carbocycles. The third-order valence-electron chi connectivity index (χ3n) is 4.66. The summed E-state index contributed by atoms with van der Waals surface area (Å²) in [7, 11) is 0. The standard InChI is InChI=1S/C18H37N3O5S/c1-5-8-9-13-26-21(15(23)14(19)17(4,27)7-3)18(10-12-22,16(24)25)20-11-6-2/h14,20,22,27H,5-13,19H2,1-4H3,(H,24,25)/t14?,17-,18+/m0/s1. The molecule has 0 saturated carbocycles. The maximum atomic E-state index is 13.1. The van der Waals surface area contributed by atoms with Gasteiger partial charge in [-0.3, -0.25) is 14.9 Å². The third-order valence-corrected chi connectivity index (χ3v) is 5.26. The molecule has 0 aliphatic carbocycles. The first-order valence-electron chi connectivity index (χ1n) is 9.68. The highest BCUT2D eigenvalue weighted by atomic mass is 32.1. The first-order valence-corrected chi connectivity index (χ1v) is 10.1. The Morgan fingerprint density at radius 3 is 2.33 bits per heavy atom. The molecule has 1 unspecified atom stereocenters. The summed E-state index contributed by atoms with van der Waals surface area (Å²) in [6, 6.07) is -1.07. The number of unbranched alkanes of at least 4 members (excludes halogenated alkanes) is 2. The van der Waals surface area contributed by atoms with Gasteiger partial charge in [0, 0.05) is 17.8 Å². The molecular formula is C18H37N3O5S.